The second-order valence-corrected chi connectivity index (χ2v) is 6.35. The van der Waals surface area contributed by atoms with Crippen LogP contribution in [0.2, 0.25) is 0 Å². The Hall–Kier alpha value is -1.40. The zero-order valence-corrected chi connectivity index (χ0v) is 13.3. The van der Waals surface area contributed by atoms with Gasteiger partial charge in [-0.1, -0.05) is 6.92 Å². The molecule has 0 radical (unpaired) electrons. The van der Waals surface area contributed by atoms with Crippen molar-refractivity contribution in [1.82, 2.24) is 14.9 Å². The first kappa shape index (κ1) is 16.0. The monoisotopic (exact) mass is 293 g/mol. The van der Waals surface area contributed by atoms with Crippen LogP contribution < -0.4 is 10.6 Å². The molecule has 0 aromatic carbocycles. The van der Waals surface area contributed by atoms with Gasteiger partial charge < -0.3 is 20.6 Å². The fourth-order valence-corrected chi connectivity index (χ4v) is 3.30. The zero-order valence-electron chi connectivity index (χ0n) is 13.3. The standard InChI is InChI=1S/C15H27N5O/c1-4-12-8-17-14(16)18-13(12)20-7-5-6-15(10-20,11-21)9-19(2)3/h8,21H,4-7,9-11H2,1-3H3,(H2,16,17,18)/t15-/m1/s1. The molecule has 6 nitrogen and oxygen atoms in total. The van der Waals surface area contributed by atoms with Crippen LogP contribution in [-0.2, 0) is 6.42 Å². The van der Waals surface area contributed by atoms with E-state index in [4.69, 9.17) is 5.73 Å². The molecule has 0 bridgehead atoms. The second kappa shape index (κ2) is 6.58. The van der Waals surface area contributed by atoms with Crippen LogP contribution in [0.5, 0.6) is 0 Å². The highest BCUT2D eigenvalue weighted by molar-refractivity contribution is 5.49. The van der Waals surface area contributed by atoms with Gasteiger partial charge in [-0.2, -0.15) is 4.98 Å². The van der Waals surface area contributed by atoms with Crippen molar-refractivity contribution < 1.29 is 5.11 Å². The Morgan fingerprint density at radius 2 is 2.24 bits per heavy atom. The number of aromatic nitrogens is 2. The summed E-state index contributed by atoms with van der Waals surface area (Å²) in [6.07, 6.45) is 4.80. The van der Waals surface area contributed by atoms with E-state index < -0.39 is 0 Å². The Morgan fingerprint density at radius 3 is 2.86 bits per heavy atom. The van der Waals surface area contributed by atoms with Crippen LogP contribution in [0.3, 0.4) is 0 Å². The van der Waals surface area contributed by atoms with Gasteiger partial charge in [0.2, 0.25) is 5.95 Å². The van der Waals surface area contributed by atoms with E-state index in [0.29, 0.717) is 5.95 Å². The van der Waals surface area contributed by atoms with E-state index in [1.54, 1.807) is 0 Å². The molecule has 1 saturated heterocycles. The number of rotatable bonds is 5. The van der Waals surface area contributed by atoms with E-state index in [2.05, 4.69) is 40.8 Å². The summed E-state index contributed by atoms with van der Waals surface area (Å²) in [4.78, 5) is 12.9. The highest BCUT2D eigenvalue weighted by atomic mass is 16.3. The maximum Gasteiger partial charge on any atom is 0.221 e. The molecule has 0 spiro atoms. The van der Waals surface area contributed by atoms with Crippen LogP contribution in [0.25, 0.3) is 0 Å². The predicted molar refractivity (Wildman–Crippen MR) is 85.3 cm³/mol. The zero-order chi connectivity index (χ0) is 15.5. The number of aliphatic hydroxyl groups is 1. The van der Waals surface area contributed by atoms with E-state index >= 15 is 0 Å². The molecule has 2 heterocycles. The molecule has 1 aromatic heterocycles. The smallest absolute Gasteiger partial charge is 0.221 e. The van der Waals surface area contributed by atoms with Gasteiger partial charge in [0.25, 0.3) is 0 Å². The molecule has 118 valence electrons. The fourth-order valence-electron chi connectivity index (χ4n) is 3.30. The van der Waals surface area contributed by atoms with Crippen molar-refractivity contribution in [3.05, 3.63) is 11.8 Å². The fraction of sp³-hybridized carbons (Fsp3) is 0.733. The van der Waals surface area contributed by atoms with Gasteiger partial charge in [0.05, 0.1) is 6.61 Å². The largest absolute Gasteiger partial charge is 0.396 e. The van der Waals surface area contributed by atoms with E-state index in [9.17, 15) is 5.11 Å². The number of nitrogen functional groups attached to an aromatic ring is 1. The van der Waals surface area contributed by atoms with Gasteiger partial charge in [-0.3, -0.25) is 0 Å². The lowest BCUT2D eigenvalue weighted by molar-refractivity contribution is 0.0760. The van der Waals surface area contributed by atoms with Gasteiger partial charge in [0.15, 0.2) is 0 Å². The van der Waals surface area contributed by atoms with Gasteiger partial charge >= 0.3 is 0 Å². The third-order valence-corrected chi connectivity index (χ3v) is 4.19. The molecule has 1 atom stereocenters. The molecular weight excluding hydrogens is 266 g/mol. The molecule has 0 aliphatic carbocycles. The van der Waals surface area contributed by atoms with Crippen molar-refractivity contribution in [1.29, 1.82) is 0 Å². The van der Waals surface area contributed by atoms with Crippen molar-refractivity contribution in [2.24, 2.45) is 5.41 Å². The van der Waals surface area contributed by atoms with Gasteiger partial charge in [0, 0.05) is 36.8 Å². The number of piperidine rings is 1. The summed E-state index contributed by atoms with van der Waals surface area (Å²) in [5.74, 6) is 1.25. The third kappa shape index (κ3) is 3.63. The first-order chi connectivity index (χ1) is 9.99. The average Bonchev–Trinajstić information content (AvgIpc) is 2.46. The summed E-state index contributed by atoms with van der Waals surface area (Å²) in [5, 5.41) is 9.93. The minimum atomic E-state index is -0.0908. The summed E-state index contributed by atoms with van der Waals surface area (Å²) in [6.45, 7) is 4.94. The highest BCUT2D eigenvalue weighted by Crippen LogP contribution is 2.33. The Bertz CT molecular complexity index is 479. The lowest BCUT2D eigenvalue weighted by Gasteiger charge is -2.44. The summed E-state index contributed by atoms with van der Waals surface area (Å²) in [5.41, 5.74) is 6.79. The van der Waals surface area contributed by atoms with Crippen molar-refractivity contribution in [3.63, 3.8) is 0 Å². The van der Waals surface area contributed by atoms with E-state index in [1.165, 1.54) is 0 Å². The first-order valence-electron chi connectivity index (χ1n) is 7.61. The number of aryl methyl sites for hydroxylation is 1. The number of hydrogen-bond donors (Lipinski definition) is 2. The van der Waals surface area contributed by atoms with Crippen LogP contribution >= 0.6 is 0 Å². The van der Waals surface area contributed by atoms with Crippen molar-refractivity contribution in [2.75, 3.05) is 51.0 Å². The Balaban J connectivity index is 2.26. The van der Waals surface area contributed by atoms with E-state index in [0.717, 1.165) is 50.3 Å². The average molecular weight is 293 g/mol. The molecule has 1 fully saturated rings. The first-order valence-corrected chi connectivity index (χ1v) is 7.61. The lowest BCUT2D eigenvalue weighted by atomic mass is 9.80. The highest BCUT2D eigenvalue weighted by Gasteiger charge is 2.36. The van der Waals surface area contributed by atoms with Crippen LogP contribution in [0.15, 0.2) is 6.20 Å². The van der Waals surface area contributed by atoms with Gasteiger partial charge in [-0.05, 0) is 33.4 Å². The molecule has 1 aliphatic heterocycles. The van der Waals surface area contributed by atoms with Gasteiger partial charge in [0.1, 0.15) is 5.82 Å². The summed E-state index contributed by atoms with van der Waals surface area (Å²) in [6, 6.07) is 0. The Labute approximate surface area is 127 Å². The molecule has 0 unspecified atom stereocenters. The second-order valence-electron chi connectivity index (χ2n) is 6.35. The molecule has 0 amide bonds. The molecule has 2 rings (SSSR count). The molecule has 1 aromatic rings. The van der Waals surface area contributed by atoms with Gasteiger partial charge in [-0.25, -0.2) is 4.98 Å². The predicted octanol–water partition coefficient (Wildman–Crippen LogP) is 0.762. The Kier molecular flexibility index (Phi) is 5.00. The minimum absolute atomic E-state index is 0.0908. The van der Waals surface area contributed by atoms with Crippen LogP contribution in [0.4, 0.5) is 11.8 Å². The van der Waals surface area contributed by atoms with E-state index in [1.807, 2.05) is 6.20 Å². The van der Waals surface area contributed by atoms with Crippen LogP contribution in [0.1, 0.15) is 25.3 Å². The number of nitrogens with zero attached hydrogens (tertiary/aromatic N) is 4. The molecule has 0 saturated carbocycles. The number of hydrogen-bond acceptors (Lipinski definition) is 6. The minimum Gasteiger partial charge on any atom is -0.396 e. The Morgan fingerprint density at radius 1 is 1.48 bits per heavy atom. The van der Waals surface area contributed by atoms with Crippen molar-refractivity contribution >= 4 is 11.8 Å². The summed E-state index contributed by atoms with van der Waals surface area (Å²) < 4.78 is 0. The van der Waals surface area contributed by atoms with Crippen molar-refractivity contribution in [2.45, 2.75) is 26.2 Å². The quantitative estimate of drug-likeness (QED) is 0.834. The number of anilines is 2. The van der Waals surface area contributed by atoms with Crippen LogP contribution in [-0.4, -0.2) is 60.3 Å². The molecule has 6 heteroatoms. The van der Waals surface area contributed by atoms with E-state index in [-0.39, 0.29) is 12.0 Å². The summed E-state index contributed by atoms with van der Waals surface area (Å²) >= 11 is 0. The van der Waals surface area contributed by atoms with Crippen molar-refractivity contribution in [3.8, 4) is 0 Å². The molecule has 21 heavy (non-hydrogen) atoms. The molecule has 1 aliphatic rings. The third-order valence-electron chi connectivity index (χ3n) is 4.19. The van der Waals surface area contributed by atoms with Gasteiger partial charge in [-0.15, -0.1) is 0 Å². The summed E-state index contributed by atoms with van der Waals surface area (Å²) in [7, 11) is 4.10. The maximum atomic E-state index is 9.93. The molecule has 3 N–H and O–H groups in total. The van der Waals surface area contributed by atoms with Crippen LogP contribution in [0, 0.1) is 5.41 Å². The number of nitrogens with two attached hydrogens (primary N) is 1. The topological polar surface area (TPSA) is 78.5 Å². The lowest BCUT2D eigenvalue weighted by Crippen LogP contribution is -2.50. The molecular formula is C15H27N5O. The normalized spacial score (nSPS) is 22.8. The number of aliphatic hydroxyl groups excluding tert-OH is 1. The SMILES string of the molecule is CCc1cnc(N)nc1N1CCC[C@@](CO)(CN(C)C)C1. The maximum absolute atomic E-state index is 9.93.